The van der Waals surface area contributed by atoms with Crippen LogP contribution in [-0.4, -0.2) is 34.3 Å². The van der Waals surface area contributed by atoms with Gasteiger partial charge in [0.05, 0.1) is 23.8 Å². The van der Waals surface area contributed by atoms with E-state index in [1.807, 2.05) is 61.5 Å². The van der Waals surface area contributed by atoms with E-state index in [2.05, 4.69) is 117 Å². The van der Waals surface area contributed by atoms with Crippen molar-refractivity contribution >= 4 is 67.6 Å². The molecule has 0 unspecified atom stereocenters. The van der Waals surface area contributed by atoms with Crippen LogP contribution in [0.4, 0.5) is 0 Å². The van der Waals surface area contributed by atoms with E-state index in [1.165, 1.54) is 11.1 Å². The fourth-order valence-electron chi connectivity index (χ4n) is 5.82. The van der Waals surface area contributed by atoms with Gasteiger partial charge < -0.3 is 14.0 Å². The summed E-state index contributed by atoms with van der Waals surface area (Å²) in [4.78, 5) is 25.3. The lowest BCUT2D eigenvalue weighted by molar-refractivity contribution is 0.111. The molecule has 0 aromatic heterocycles. The summed E-state index contributed by atoms with van der Waals surface area (Å²) in [6, 6.07) is 31.6. The molecule has 6 aromatic rings. The minimum absolute atomic E-state index is 0.0399. The van der Waals surface area contributed by atoms with E-state index in [4.69, 9.17) is 20.7 Å². The first-order valence-corrected chi connectivity index (χ1v) is 25.8. The van der Waals surface area contributed by atoms with Gasteiger partial charge in [-0.15, -0.1) is 0 Å². The molecule has 0 fully saturated rings. The number of aldehydes is 2. The summed E-state index contributed by atoms with van der Waals surface area (Å²) in [7, 11) is -3.99. The topological polar surface area (TPSA) is 101 Å². The molecule has 0 aliphatic heterocycles. The second-order valence-corrected chi connectivity index (χ2v) is 27.9. The number of aromatic hydroxyl groups is 1. The molecule has 0 spiro atoms. The van der Waals surface area contributed by atoms with Crippen LogP contribution in [0, 0.1) is 38.7 Å². The molecule has 0 saturated heterocycles. The van der Waals surface area contributed by atoms with Crippen LogP contribution in [0.25, 0.3) is 43.2 Å². The second-order valence-electron chi connectivity index (χ2n) is 18.5. The first-order valence-electron chi connectivity index (χ1n) is 20.0. The van der Waals surface area contributed by atoms with Gasteiger partial charge in [-0.3, -0.25) is 9.59 Å². The van der Waals surface area contributed by atoms with E-state index < -0.39 is 16.6 Å². The standard InChI is InChI=1S/C21H24N2OSi.C18H24O2Si.C12H10O2/c1-15-8-9-16-11-18(12-19(14-22)23-5)20(13-17(16)10-15)24-25(6,7)21(2,3)4;1-13-7-8-14-10-16(12-19)17(11-15(14)9-13)20-21(5,6)18(2,3)4;1-8-2-3-9-5-11(7-13)12(14)6-10(9)4-8/h8-13H,1-4,6-7H3;7-12H,1-6H3;2-7,14H,1H3/b19-12-;;. The zero-order valence-electron chi connectivity index (χ0n) is 37.4. The lowest BCUT2D eigenvalue weighted by Crippen LogP contribution is -2.44. The smallest absolute Gasteiger partial charge is 0.262 e. The lowest BCUT2D eigenvalue weighted by atomic mass is 10.0. The van der Waals surface area contributed by atoms with Crippen molar-refractivity contribution in [2.45, 2.75) is 98.6 Å². The molecule has 0 amide bonds. The van der Waals surface area contributed by atoms with Crippen molar-refractivity contribution in [2.24, 2.45) is 0 Å². The molecular weight excluding hydrogens is 777 g/mol. The number of aryl methyl sites for hydroxylation is 3. The van der Waals surface area contributed by atoms with Crippen molar-refractivity contribution in [3.63, 3.8) is 0 Å². The molecule has 0 aliphatic rings. The Morgan fingerprint density at radius 3 is 1.33 bits per heavy atom. The van der Waals surface area contributed by atoms with Crippen LogP contribution < -0.4 is 8.85 Å². The van der Waals surface area contributed by atoms with Gasteiger partial charge in [0.1, 0.15) is 17.2 Å². The van der Waals surface area contributed by atoms with Crippen molar-refractivity contribution < 1.29 is 23.5 Å². The van der Waals surface area contributed by atoms with E-state index in [0.717, 1.165) is 61.2 Å². The Bertz CT molecular complexity index is 2670. The van der Waals surface area contributed by atoms with Gasteiger partial charge in [-0.1, -0.05) is 113 Å². The van der Waals surface area contributed by atoms with Crippen molar-refractivity contribution in [2.75, 3.05) is 0 Å². The van der Waals surface area contributed by atoms with Crippen LogP contribution in [0.15, 0.2) is 96.7 Å². The summed E-state index contributed by atoms with van der Waals surface area (Å²) in [6.45, 7) is 35.2. The Balaban J connectivity index is 0.000000206. The molecule has 1 N–H and O–H groups in total. The number of benzene rings is 6. The van der Waals surface area contributed by atoms with Crippen LogP contribution >= 0.6 is 0 Å². The zero-order valence-corrected chi connectivity index (χ0v) is 39.4. The number of carbonyl (C=O) groups excluding carboxylic acids is 2. The number of phenols is 1. The quantitative estimate of drug-likeness (QED) is 0.0744. The first-order chi connectivity index (χ1) is 27.9. The fourth-order valence-corrected chi connectivity index (χ4v) is 7.88. The Hall–Kier alpha value is -6.01. The van der Waals surface area contributed by atoms with Crippen molar-refractivity contribution in [1.29, 1.82) is 5.26 Å². The molecule has 310 valence electrons. The maximum atomic E-state index is 11.4. The predicted octanol–water partition coefficient (Wildman–Crippen LogP) is 14.3. The van der Waals surface area contributed by atoms with Crippen LogP contribution in [-0.2, 0) is 0 Å². The highest BCUT2D eigenvalue weighted by atomic mass is 28.4. The average molecular weight is 835 g/mol. The highest BCUT2D eigenvalue weighted by molar-refractivity contribution is 6.75. The number of hydrogen-bond acceptors (Lipinski definition) is 6. The maximum Gasteiger partial charge on any atom is 0.262 e. The van der Waals surface area contributed by atoms with Crippen molar-refractivity contribution in [3.05, 3.63) is 141 Å². The number of rotatable bonds is 7. The van der Waals surface area contributed by atoms with Crippen LogP contribution in [0.2, 0.25) is 36.3 Å². The summed E-state index contributed by atoms with van der Waals surface area (Å²) in [6.07, 6.45) is 3.17. The Morgan fingerprint density at radius 1 is 0.600 bits per heavy atom. The average Bonchev–Trinajstić information content (AvgIpc) is 3.15. The number of fused-ring (bicyclic) bond motifs is 3. The van der Waals surface area contributed by atoms with Gasteiger partial charge >= 0.3 is 0 Å². The molecule has 60 heavy (non-hydrogen) atoms. The Morgan fingerprint density at radius 2 is 0.967 bits per heavy atom. The van der Waals surface area contributed by atoms with Crippen molar-refractivity contribution in [3.8, 4) is 23.3 Å². The lowest BCUT2D eigenvalue weighted by Gasteiger charge is -2.37. The van der Waals surface area contributed by atoms with E-state index in [0.29, 0.717) is 17.4 Å². The third-order valence-electron chi connectivity index (χ3n) is 11.5. The number of phenolic OH excluding ortho intramolecular Hbond substituents is 1. The van der Waals surface area contributed by atoms with Gasteiger partial charge in [-0.25, -0.2) is 10.1 Å². The number of nitriles is 1. The van der Waals surface area contributed by atoms with Crippen LogP contribution in [0.5, 0.6) is 17.2 Å². The molecule has 0 radical (unpaired) electrons. The van der Waals surface area contributed by atoms with Gasteiger partial charge in [0.25, 0.3) is 22.3 Å². The molecule has 0 saturated carbocycles. The molecule has 0 aliphatic carbocycles. The Labute approximate surface area is 358 Å². The predicted molar refractivity (Wildman–Crippen MR) is 254 cm³/mol. The van der Waals surface area contributed by atoms with Crippen LogP contribution in [0.1, 0.15) is 84.5 Å². The summed E-state index contributed by atoms with van der Waals surface area (Å²) >= 11 is 0. The third kappa shape index (κ3) is 11.4. The largest absolute Gasteiger partial charge is 0.543 e. The highest BCUT2D eigenvalue weighted by Gasteiger charge is 2.40. The van der Waals surface area contributed by atoms with E-state index >= 15 is 0 Å². The summed E-state index contributed by atoms with van der Waals surface area (Å²) in [5.74, 6) is 1.51. The normalized spacial score (nSPS) is 12.0. The van der Waals surface area contributed by atoms with Crippen LogP contribution in [0.3, 0.4) is 0 Å². The second kappa shape index (κ2) is 18.5. The van der Waals surface area contributed by atoms with Gasteiger partial charge in [0, 0.05) is 5.56 Å². The molecule has 9 heteroatoms. The molecular formula is C51H58N2O5Si2. The summed E-state index contributed by atoms with van der Waals surface area (Å²) in [5.41, 5.74) is 5.35. The number of nitrogens with zero attached hydrogens (tertiary/aromatic N) is 2. The number of allylic oxidation sites excluding steroid dienone is 1. The SMILES string of the molecule is Cc1ccc2cc(C=O)c(O)cc2c1.Cc1ccc2cc(C=O)c(O[Si](C)(C)C(C)(C)C)cc2c1.[C-]#[N+]/C(C#N)=C\c1cc2ccc(C)cc2cc1O[Si](C)(C)C(C)(C)C. The van der Waals surface area contributed by atoms with Gasteiger partial charge in [0.15, 0.2) is 12.6 Å². The minimum Gasteiger partial charge on any atom is -0.543 e. The molecule has 6 aromatic carbocycles. The van der Waals surface area contributed by atoms with Gasteiger partial charge in [-0.2, -0.15) is 0 Å². The number of hydrogen-bond donors (Lipinski definition) is 1. The summed E-state index contributed by atoms with van der Waals surface area (Å²) in [5, 5.41) is 25.1. The Kier molecular flexibility index (Phi) is 14.4. The van der Waals surface area contributed by atoms with Gasteiger partial charge in [-0.05, 0) is 132 Å². The minimum atomic E-state index is -2.04. The number of carbonyl (C=O) groups is 2. The molecule has 6 rings (SSSR count). The van der Waals surface area contributed by atoms with Crippen molar-refractivity contribution in [1.82, 2.24) is 0 Å². The maximum absolute atomic E-state index is 11.4. The highest BCUT2D eigenvalue weighted by Crippen LogP contribution is 2.41. The zero-order chi connectivity index (χ0) is 44.8. The molecule has 7 nitrogen and oxygen atoms in total. The first kappa shape index (κ1) is 46.7. The van der Waals surface area contributed by atoms with E-state index in [9.17, 15) is 14.7 Å². The molecule has 0 heterocycles. The van der Waals surface area contributed by atoms with E-state index in [1.54, 1.807) is 18.2 Å². The molecule has 0 bridgehead atoms. The third-order valence-corrected chi connectivity index (χ3v) is 20.2. The summed E-state index contributed by atoms with van der Waals surface area (Å²) < 4.78 is 12.9. The van der Waals surface area contributed by atoms with E-state index in [-0.39, 0.29) is 21.5 Å². The monoisotopic (exact) mass is 834 g/mol. The van der Waals surface area contributed by atoms with Gasteiger partial charge in [0.2, 0.25) is 0 Å². The molecule has 0 atom stereocenters. The fraction of sp³-hybridized carbons (Fsp3) is 0.294.